The summed E-state index contributed by atoms with van der Waals surface area (Å²) in [6, 6.07) is 20.2. The van der Waals surface area contributed by atoms with Crippen molar-refractivity contribution in [3.8, 4) is 0 Å². The lowest BCUT2D eigenvalue weighted by molar-refractivity contribution is -0.118. The zero-order chi connectivity index (χ0) is 14.9. The van der Waals surface area contributed by atoms with Crippen molar-refractivity contribution in [2.24, 2.45) is 0 Å². The van der Waals surface area contributed by atoms with Crippen LogP contribution in [0.25, 0.3) is 0 Å². The van der Waals surface area contributed by atoms with Gasteiger partial charge in [-0.25, -0.2) is 0 Å². The van der Waals surface area contributed by atoms with Gasteiger partial charge >= 0.3 is 0 Å². The smallest absolute Gasteiger partial charge is 0.228 e. The van der Waals surface area contributed by atoms with Crippen LogP contribution in [0.15, 0.2) is 60.7 Å². The topological polar surface area (TPSA) is 32.3 Å². The van der Waals surface area contributed by atoms with Gasteiger partial charge < -0.3 is 10.2 Å². The molecular weight excluding hydrogens is 260 g/mol. The number of para-hydroxylation sites is 1. The maximum atomic E-state index is 12.4. The molecule has 3 heteroatoms. The van der Waals surface area contributed by atoms with Crippen LogP contribution >= 0.6 is 0 Å². The van der Waals surface area contributed by atoms with Crippen LogP contribution in [-0.2, 0) is 11.2 Å². The van der Waals surface area contributed by atoms with Crippen LogP contribution in [0.3, 0.4) is 0 Å². The Kier molecular flexibility index (Phi) is 5.98. The van der Waals surface area contributed by atoms with E-state index in [2.05, 4.69) is 17.4 Å². The summed E-state index contributed by atoms with van der Waals surface area (Å²) >= 11 is 0. The molecule has 1 amide bonds. The minimum Gasteiger partial charge on any atom is -0.319 e. The van der Waals surface area contributed by atoms with Crippen molar-refractivity contribution in [3.05, 3.63) is 66.2 Å². The van der Waals surface area contributed by atoms with Crippen LogP contribution in [0.4, 0.5) is 5.69 Å². The second-order valence-electron chi connectivity index (χ2n) is 4.97. The summed E-state index contributed by atoms with van der Waals surface area (Å²) in [5.41, 5.74) is 2.22. The molecule has 0 aliphatic heterocycles. The standard InChI is InChI=1S/C18H22N2O/c1-19-14-12-18(21)20(17-10-6-3-7-11-17)15-13-16-8-4-2-5-9-16/h2-11,19H,12-15H2,1H3. The molecule has 3 nitrogen and oxygen atoms in total. The number of rotatable bonds is 7. The lowest BCUT2D eigenvalue weighted by Crippen LogP contribution is -2.34. The van der Waals surface area contributed by atoms with Gasteiger partial charge in [0.1, 0.15) is 0 Å². The average Bonchev–Trinajstić information content (AvgIpc) is 2.55. The van der Waals surface area contributed by atoms with Gasteiger partial charge in [-0.15, -0.1) is 0 Å². The zero-order valence-electron chi connectivity index (χ0n) is 12.5. The molecule has 0 aliphatic carbocycles. The minimum absolute atomic E-state index is 0.159. The summed E-state index contributed by atoms with van der Waals surface area (Å²) in [6.07, 6.45) is 1.38. The predicted molar refractivity (Wildman–Crippen MR) is 87.5 cm³/mol. The van der Waals surface area contributed by atoms with Gasteiger partial charge in [0, 0.05) is 25.2 Å². The first-order valence-electron chi connectivity index (χ1n) is 7.35. The summed E-state index contributed by atoms with van der Waals surface area (Å²) in [6.45, 7) is 1.41. The Morgan fingerprint density at radius 2 is 1.62 bits per heavy atom. The van der Waals surface area contributed by atoms with Crippen molar-refractivity contribution in [1.29, 1.82) is 0 Å². The largest absolute Gasteiger partial charge is 0.319 e. The Balaban J connectivity index is 2.07. The number of benzene rings is 2. The molecular formula is C18H22N2O. The van der Waals surface area contributed by atoms with E-state index in [1.807, 2.05) is 60.5 Å². The van der Waals surface area contributed by atoms with Crippen molar-refractivity contribution in [3.63, 3.8) is 0 Å². The predicted octanol–water partition coefficient (Wildman–Crippen LogP) is 2.87. The first kappa shape index (κ1) is 15.3. The Morgan fingerprint density at radius 1 is 1.00 bits per heavy atom. The quantitative estimate of drug-likeness (QED) is 0.847. The van der Waals surface area contributed by atoms with E-state index in [0.29, 0.717) is 19.5 Å². The third-order valence-electron chi connectivity index (χ3n) is 3.42. The van der Waals surface area contributed by atoms with Gasteiger partial charge in [0.25, 0.3) is 0 Å². The Bertz CT molecular complexity index is 540. The number of nitrogens with one attached hydrogen (secondary N) is 1. The third kappa shape index (κ3) is 4.72. The van der Waals surface area contributed by atoms with Gasteiger partial charge in [0.05, 0.1) is 0 Å². The Hall–Kier alpha value is -2.13. The van der Waals surface area contributed by atoms with E-state index in [9.17, 15) is 4.79 Å². The molecule has 0 bridgehead atoms. The summed E-state index contributed by atoms with van der Waals surface area (Å²) in [5, 5.41) is 3.03. The molecule has 0 aromatic heterocycles. The number of hydrogen-bond acceptors (Lipinski definition) is 2. The lowest BCUT2D eigenvalue weighted by atomic mass is 10.1. The summed E-state index contributed by atoms with van der Waals surface area (Å²) in [7, 11) is 1.87. The fourth-order valence-electron chi connectivity index (χ4n) is 2.26. The van der Waals surface area contributed by atoms with Gasteiger partial charge in [-0.2, -0.15) is 0 Å². The lowest BCUT2D eigenvalue weighted by Gasteiger charge is -2.23. The average molecular weight is 282 g/mol. The van der Waals surface area contributed by atoms with Gasteiger partial charge in [0.2, 0.25) is 5.91 Å². The van der Waals surface area contributed by atoms with Gasteiger partial charge in [-0.3, -0.25) is 4.79 Å². The van der Waals surface area contributed by atoms with Crippen LogP contribution in [0.5, 0.6) is 0 Å². The summed E-state index contributed by atoms with van der Waals surface area (Å²) < 4.78 is 0. The van der Waals surface area contributed by atoms with E-state index in [-0.39, 0.29) is 5.91 Å². The third-order valence-corrected chi connectivity index (χ3v) is 3.42. The molecule has 0 spiro atoms. The van der Waals surface area contributed by atoms with Crippen LogP contribution in [-0.4, -0.2) is 26.0 Å². The second-order valence-corrected chi connectivity index (χ2v) is 4.97. The van der Waals surface area contributed by atoms with Crippen molar-refractivity contribution < 1.29 is 4.79 Å². The first-order chi connectivity index (χ1) is 10.3. The maximum absolute atomic E-state index is 12.4. The molecule has 2 rings (SSSR count). The highest BCUT2D eigenvalue weighted by atomic mass is 16.2. The molecule has 2 aromatic carbocycles. The molecule has 0 atom stereocenters. The van der Waals surface area contributed by atoms with Gasteiger partial charge in [-0.1, -0.05) is 48.5 Å². The fraction of sp³-hybridized carbons (Fsp3) is 0.278. The van der Waals surface area contributed by atoms with Crippen molar-refractivity contribution in [1.82, 2.24) is 5.32 Å². The SMILES string of the molecule is CNCCC(=O)N(CCc1ccccc1)c1ccccc1. The van der Waals surface area contributed by atoms with E-state index in [4.69, 9.17) is 0 Å². The van der Waals surface area contributed by atoms with E-state index in [1.54, 1.807) is 0 Å². The molecule has 1 N–H and O–H groups in total. The number of anilines is 1. The number of carbonyl (C=O) groups excluding carboxylic acids is 1. The van der Waals surface area contributed by atoms with E-state index in [1.165, 1.54) is 5.56 Å². The Morgan fingerprint density at radius 3 is 2.24 bits per heavy atom. The monoisotopic (exact) mass is 282 g/mol. The van der Waals surface area contributed by atoms with E-state index >= 15 is 0 Å². The molecule has 110 valence electrons. The molecule has 21 heavy (non-hydrogen) atoms. The van der Waals surface area contributed by atoms with Crippen molar-refractivity contribution in [2.45, 2.75) is 12.8 Å². The number of carbonyl (C=O) groups is 1. The second kappa shape index (κ2) is 8.22. The number of nitrogens with zero attached hydrogens (tertiary/aromatic N) is 1. The molecule has 0 saturated heterocycles. The normalized spacial score (nSPS) is 10.3. The number of amides is 1. The Labute approximate surface area is 126 Å². The van der Waals surface area contributed by atoms with E-state index < -0.39 is 0 Å². The first-order valence-corrected chi connectivity index (χ1v) is 7.35. The molecule has 0 aliphatic rings. The zero-order valence-corrected chi connectivity index (χ0v) is 12.5. The van der Waals surface area contributed by atoms with Crippen molar-refractivity contribution >= 4 is 11.6 Å². The van der Waals surface area contributed by atoms with Crippen LogP contribution < -0.4 is 10.2 Å². The van der Waals surface area contributed by atoms with Crippen molar-refractivity contribution in [2.75, 3.05) is 25.0 Å². The highest BCUT2D eigenvalue weighted by molar-refractivity contribution is 5.93. The summed E-state index contributed by atoms with van der Waals surface area (Å²) in [4.78, 5) is 14.3. The summed E-state index contributed by atoms with van der Waals surface area (Å²) in [5.74, 6) is 0.159. The molecule has 0 heterocycles. The van der Waals surface area contributed by atoms with Crippen LogP contribution in [0, 0.1) is 0 Å². The molecule has 0 unspecified atom stereocenters. The fourth-order valence-corrected chi connectivity index (χ4v) is 2.26. The van der Waals surface area contributed by atoms with Crippen LogP contribution in [0.1, 0.15) is 12.0 Å². The van der Waals surface area contributed by atoms with Crippen LogP contribution in [0.2, 0.25) is 0 Å². The maximum Gasteiger partial charge on any atom is 0.228 e. The minimum atomic E-state index is 0.159. The molecule has 0 radical (unpaired) electrons. The number of hydrogen-bond donors (Lipinski definition) is 1. The molecule has 0 saturated carbocycles. The van der Waals surface area contributed by atoms with Gasteiger partial charge in [-0.05, 0) is 31.2 Å². The highest BCUT2D eigenvalue weighted by Gasteiger charge is 2.14. The molecule has 2 aromatic rings. The molecule has 0 fully saturated rings. The van der Waals surface area contributed by atoms with E-state index in [0.717, 1.165) is 12.1 Å². The highest BCUT2D eigenvalue weighted by Crippen LogP contribution is 2.15. The van der Waals surface area contributed by atoms with Gasteiger partial charge in [0.15, 0.2) is 0 Å².